The highest BCUT2D eigenvalue weighted by molar-refractivity contribution is 5.74. The minimum atomic E-state index is -5.08. The standard InChI is InChI=1S/C26H20F6O/c1-15-2-4-16(5-3-15)17-6-8-18(9-7-17)20-13-22(28)25(23(29)14-20)19-10-11-24(21(27)12-19)33-26(30,31)32/h4,6-15H,2-3,5H2,1H3. The highest BCUT2D eigenvalue weighted by Gasteiger charge is 2.32. The third-order valence-corrected chi connectivity index (χ3v) is 5.75. The first kappa shape index (κ1) is 23.0. The summed E-state index contributed by atoms with van der Waals surface area (Å²) in [4.78, 5) is 0. The molecular formula is C26H20F6O. The van der Waals surface area contributed by atoms with Crippen LogP contribution in [0, 0.1) is 23.4 Å². The van der Waals surface area contributed by atoms with Gasteiger partial charge < -0.3 is 4.74 Å². The van der Waals surface area contributed by atoms with E-state index in [9.17, 15) is 26.3 Å². The lowest BCUT2D eigenvalue weighted by Gasteiger charge is -2.18. The first-order valence-electron chi connectivity index (χ1n) is 10.5. The van der Waals surface area contributed by atoms with E-state index in [4.69, 9.17) is 0 Å². The molecule has 1 nitrogen and oxygen atoms in total. The van der Waals surface area contributed by atoms with Crippen molar-refractivity contribution in [2.75, 3.05) is 0 Å². The van der Waals surface area contributed by atoms with Gasteiger partial charge in [0.2, 0.25) is 0 Å². The normalized spacial score (nSPS) is 16.5. The van der Waals surface area contributed by atoms with Crippen LogP contribution in [0.25, 0.3) is 27.8 Å². The zero-order chi connectivity index (χ0) is 23.8. The molecule has 0 saturated carbocycles. The minimum Gasteiger partial charge on any atom is -0.403 e. The maximum absolute atomic E-state index is 14.8. The van der Waals surface area contributed by atoms with Crippen molar-refractivity contribution in [2.24, 2.45) is 5.92 Å². The fourth-order valence-corrected chi connectivity index (χ4v) is 3.98. The van der Waals surface area contributed by atoms with Gasteiger partial charge in [0.25, 0.3) is 0 Å². The van der Waals surface area contributed by atoms with Gasteiger partial charge in [0, 0.05) is 0 Å². The van der Waals surface area contributed by atoms with E-state index in [0.29, 0.717) is 29.2 Å². The van der Waals surface area contributed by atoms with Gasteiger partial charge in [-0.05, 0) is 77.3 Å². The molecule has 7 heteroatoms. The van der Waals surface area contributed by atoms with Crippen LogP contribution in [-0.4, -0.2) is 6.36 Å². The Kier molecular flexibility index (Phi) is 6.23. The third kappa shape index (κ3) is 5.24. The van der Waals surface area contributed by atoms with Crippen LogP contribution in [0.1, 0.15) is 31.7 Å². The average molecular weight is 462 g/mol. The summed E-state index contributed by atoms with van der Waals surface area (Å²) < 4.78 is 84.1. The van der Waals surface area contributed by atoms with Crippen LogP contribution in [-0.2, 0) is 0 Å². The number of hydrogen-bond acceptors (Lipinski definition) is 1. The lowest BCUT2D eigenvalue weighted by atomic mass is 9.87. The van der Waals surface area contributed by atoms with Crippen LogP contribution in [0.4, 0.5) is 26.3 Å². The second-order valence-electron chi connectivity index (χ2n) is 8.19. The van der Waals surface area contributed by atoms with E-state index < -0.39 is 35.1 Å². The molecule has 0 fully saturated rings. The first-order valence-corrected chi connectivity index (χ1v) is 10.5. The predicted octanol–water partition coefficient (Wildman–Crippen LogP) is 8.54. The van der Waals surface area contributed by atoms with Crippen LogP contribution in [0.15, 0.2) is 60.7 Å². The van der Waals surface area contributed by atoms with Crippen LogP contribution < -0.4 is 4.74 Å². The van der Waals surface area contributed by atoms with Gasteiger partial charge in [-0.1, -0.05) is 43.3 Å². The molecule has 172 valence electrons. The molecule has 0 radical (unpaired) electrons. The lowest BCUT2D eigenvalue weighted by molar-refractivity contribution is -0.275. The molecule has 0 aromatic heterocycles. The number of rotatable bonds is 4. The van der Waals surface area contributed by atoms with Gasteiger partial charge in [0.15, 0.2) is 11.6 Å². The zero-order valence-electron chi connectivity index (χ0n) is 17.6. The molecule has 0 N–H and O–H groups in total. The van der Waals surface area contributed by atoms with E-state index in [0.717, 1.165) is 43.0 Å². The maximum atomic E-state index is 14.8. The summed E-state index contributed by atoms with van der Waals surface area (Å²) >= 11 is 0. The molecule has 3 aromatic rings. The fourth-order valence-electron chi connectivity index (χ4n) is 3.98. The second-order valence-corrected chi connectivity index (χ2v) is 8.19. The molecule has 0 saturated heterocycles. The second kappa shape index (κ2) is 8.96. The molecule has 3 aromatic carbocycles. The van der Waals surface area contributed by atoms with Gasteiger partial charge in [0.1, 0.15) is 11.6 Å². The van der Waals surface area contributed by atoms with Crippen LogP contribution in [0.3, 0.4) is 0 Å². The summed E-state index contributed by atoms with van der Waals surface area (Å²) in [7, 11) is 0. The van der Waals surface area contributed by atoms with Crippen molar-refractivity contribution in [2.45, 2.75) is 32.5 Å². The SMILES string of the molecule is CC1CC=C(c2ccc(-c3cc(F)c(-c4ccc(OC(F)(F)F)c(F)c4)c(F)c3)cc2)CC1. The Balaban J connectivity index is 1.61. The highest BCUT2D eigenvalue weighted by Crippen LogP contribution is 2.35. The molecule has 0 heterocycles. The smallest absolute Gasteiger partial charge is 0.403 e. The minimum absolute atomic E-state index is 0.239. The molecule has 1 atom stereocenters. The van der Waals surface area contributed by atoms with E-state index in [1.54, 1.807) is 12.1 Å². The number of alkyl halides is 3. The summed E-state index contributed by atoms with van der Waals surface area (Å²) in [6, 6.07) is 11.9. The van der Waals surface area contributed by atoms with Gasteiger partial charge in [-0.15, -0.1) is 13.2 Å². The lowest BCUT2D eigenvalue weighted by Crippen LogP contribution is -2.17. The summed E-state index contributed by atoms with van der Waals surface area (Å²) in [5.41, 5.74) is 2.45. The van der Waals surface area contributed by atoms with Crippen LogP contribution in [0.5, 0.6) is 5.75 Å². The molecule has 1 unspecified atom stereocenters. The number of ether oxygens (including phenoxy) is 1. The summed E-state index contributed by atoms with van der Waals surface area (Å²) in [5, 5.41) is 0. The Bertz CT molecular complexity index is 1170. The Morgan fingerprint density at radius 3 is 1.88 bits per heavy atom. The molecule has 1 aliphatic carbocycles. The summed E-state index contributed by atoms with van der Waals surface area (Å²) in [5.74, 6) is -3.70. The van der Waals surface area contributed by atoms with Crippen molar-refractivity contribution >= 4 is 5.57 Å². The molecule has 0 aliphatic heterocycles. The van der Waals surface area contributed by atoms with Gasteiger partial charge in [0.05, 0.1) is 5.56 Å². The van der Waals surface area contributed by atoms with E-state index in [-0.39, 0.29) is 5.56 Å². The molecule has 0 bridgehead atoms. The first-order chi connectivity index (χ1) is 15.6. The fraction of sp³-hybridized carbons (Fsp3) is 0.231. The monoisotopic (exact) mass is 462 g/mol. The Hall–Kier alpha value is -3.22. The van der Waals surface area contributed by atoms with Crippen molar-refractivity contribution in [3.63, 3.8) is 0 Å². The predicted molar refractivity (Wildman–Crippen MR) is 115 cm³/mol. The summed E-state index contributed by atoms with van der Waals surface area (Å²) in [6.07, 6.45) is 0.277. The highest BCUT2D eigenvalue weighted by atomic mass is 19.4. The number of benzene rings is 3. The van der Waals surface area contributed by atoms with Crippen molar-refractivity contribution in [1.82, 2.24) is 0 Å². The molecule has 1 aliphatic rings. The van der Waals surface area contributed by atoms with E-state index in [1.165, 1.54) is 5.57 Å². The third-order valence-electron chi connectivity index (χ3n) is 5.75. The van der Waals surface area contributed by atoms with Crippen molar-refractivity contribution < 1.29 is 31.1 Å². The Morgan fingerprint density at radius 1 is 0.758 bits per heavy atom. The Labute approximate surface area is 187 Å². The zero-order valence-corrected chi connectivity index (χ0v) is 17.6. The van der Waals surface area contributed by atoms with E-state index >= 15 is 0 Å². The average Bonchev–Trinajstić information content (AvgIpc) is 2.75. The van der Waals surface area contributed by atoms with Crippen LogP contribution in [0.2, 0.25) is 0 Å². The molecule has 4 rings (SSSR count). The van der Waals surface area contributed by atoms with Crippen molar-refractivity contribution in [3.8, 4) is 28.0 Å². The van der Waals surface area contributed by atoms with Gasteiger partial charge in [-0.25, -0.2) is 13.2 Å². The van der Waals surface area contributed by atoms with E-state index in [1.807, 2.05) is 12.1 Å². The molecular weight excluding hydrogens is 442 g/mol. The topological polar surface area (TPSA) is 9.23 Å². The number of halogens is 6. The van der Waals surface area contributed by atoms with Crippen molar-refractivity contribution in [3.05, 3.63) is 83.7 Å². The van der Waals surface area contributed by atoms with Gasteiger partial charge in [-0.3, -0.25) is 0 Å². The van der Waals surface area contributed by atoms with Gasteiger partial charge in [-0.2, -0.15) is 0 Å². The number of hydrogen-bond donors (Lipinski definition) is 0. The largest absolute Gasteiger partial charge is 0.573 e. The van der Waals surface area contributed by atoms with Crippen molar-refractivity contribution in [1.29, 1.82) is 0 Å². The molecule has 0 amide bonds. The molecule has 0 spiro atoms. The van der Waals surface area contributed by atoms with E-state index in [2.05, 4.69) is 17.7 Å². The number of allylic oxidation sites excluding steroid dienone is 2. The quantitative estimate of drug-likeness (QED) is 0.353. The Morgan fingerprint density at radius 2 is 1.33 bits per heavy atom. The maximum Gasteiger partial charge on any atom is 0.573 e. The summed E-state index contributed by atoms with van der Waals surface area (Å²) in [6.45, 7) is 2.21. The van der Waals surface area contributed by atoms with Gasteiger partial charge >= 0.3 is 6.36 Å². The van der Waals surface area contributed by atoms with Crippen LogP contribution >= 0.6 is 0 Å². The molecule has 33 heavy (non-hydrogen) atoms.